The van der Waals surface area contributed by atoms with Gasteiger partial charge in [-0.3, -0.25) is 10.1 Å². The summed E-state index contributed by atoms with van der Waals surface area (Å²) in [5, 5.41) is 13.1. The largest absolute Gasteiger partial charge is 0.497 e. The molecule has 1 aliphatic rings. The Bertz CT molecular complexity index is 1440. The quantitative estimate of drug-likeness (QED) is 0.0821. The molecular weight excluding hydrogens is 588 g/mol. The molecule has 0 spiro atoms. The first-order valence-electron chi connectivity index (χ1n) is 16.2. The van der Waals surface area contributed by atoms with E-state index < -0.39 is 17.1 Å². The second-order valence-corrected chi connectivity index (χ2v) is 11.4. The Labute approximate surface area is 271 Å². The molecule has 248 valence electrons. The normalized spacial score (nSPS) is 12.5. The molecule has 0 N–H and O–H groups in total. The smallest absolute Gasteiger partial charge is 0.410 e. The summed E-state index contributed by atoms with van der Waals surface area (Å²) in [6.45, 7) is 7.01. The van der Waals surface area contributed by atoms with Gasteiger partial charge in [-0.05, 0) is 55.2 Å². The van der Waals surface area contributed by atoms with E-state index in [9.17, 15) is 14.9 Å². The highest BCUT2D eigenvalue weighted by Crippen LogP contribution is 2.56. The number of carbonyl (C=O) groups is 1. The summed E-state index contributed by atoms with van der Waals surface area (Å²) in [5.41, 5.74) is 1.90. The maximum atomic E-state index is 13.8. The minimum Gasteiger partial charge on any atom is -0.497 e. The van der Waals surface area contributed by atoms with Crippen LogP contribution in [0.2, 0.25) is 0 Å². The van der Waals surface area contributed by atoms with Crippen molar-refractivity contribution in [2.75, 3.05) is 34.1 Å². The van der Waals surface area contributed by atoms with Crippen LogP contribution in [0.3, 0.4) is 0 Å². The van der Waals surface area contributed by atoms with Crippen LogP contribution in [0.25, 0.3) is 22.3 Å². The molecule has 1 amide bonds. The third kappa shape index (κ3) is 8.02. The molecule has 1 unspecified atom stereocenters. The zero-order valence-electron chi connectivity index (χ0n) is 27.6. The van der Waals surface area contributed by atoms with Gasteiger partial charge in [0.2, 0.25) is 6.79 Å². The van der Waals surface area contributed by atoms with E-state index in [4.69, 9.17) is 23.7 Å². The Kier molecular flexibility index (Phi) is 12.5. The topological polar surface area (TPSA) is 110 Å². The van der Waals surface area contributed by atoms with Crippen LogP contribution in [0, 0.1) is 10.1 Å². The standard InChI is InChI=1S/C36H46N2O8/c1-6-8-10-12-22-37(23-13-11-9-7-2)36(39)46-25(3)30-31(26-14-18-28(42-4)19-15-26)34-35(45-24-44-34)32(33(30)38(40)41)27-16-20-29(43-5)21-17-27/h14-21,25H,6-13,22-24H2,1-5H3. The average Bonchev–Trinajstić information content (AvgIpc) is 3.56. The predicted molar refractivity (Wildman–Crippen MR) is 178 cm³/mol. The molecule has 10 nitrogen and oxygen atoms in total. The van der Waals surface area contributed by atoms with Gasteiger partial charge in [-0.25, -0.2) is 4.79 Å². The van der Waals surface area contributed by atoms with E-state index in [0.29, 0.717) is 47.0 Å². The lowest BCUT2D eigenvalue weighted by Crippen LogP contribution is -2.34. The fraction of sp³-hybridized carbons (Fsp3) is 0.472. The number of methoxy groups -OCH3 is 2. The van der Waals surface area contributed by atoms with Crippen LogP contribution < -0.4 is 18.9 Å². The van der Waals surface area contributed by atoms with Gasteiger partial charge >= 0.3 is 6.09 Å². The van der Waals surface area contributed by atoms with Crippen LogP contribution in [-0.2, 0) is 4.74 Å². The molecular formula is C36H46N2O8. The Morgan fingerprint density at radius 3 is 1.74 bits per heavy atom. The van der Waals surface area contributed by atoms with Crippen LogP contribution in [0.15, 0.2) is 48.5 Å². The second-order valence-electron chi connectivity index (χ2n) is 11.4. The zero-order chi connectivity index (χ0) is 33.1. The predicted octanol–water partition coefficient (Wildman–Crippen LogP) is 9.33. The number of benzene rings is 3. The summed E-state index contributed by atoms with van der Waals surface area (Å²) in [5.74, 6) is 1.86. The number of amides is 1. The molecule has 0 radical (unpaired) electrons. The number of hydrogen-bond acceptors (Lipinski definition) is 8. The van der Waals surface area contributed by atoms with Crippen molar-refractivity contribution in [3.63, 3.8) is 0 Å². The Hall–Kier alpha value is -4.47. The summed E-state index contributed by atoms with van der Waals surface area (Å²) in [6, 6.07) is 14.1. The molecule has 1 atom stereocenters. The summed E-state index contributed by atoms with van der Waals surface area (Å²) >= 11 is 0. The van der Waals surface area contributed by atoms with Crippen LogP contribution in [0.5, 0.6) is 23.0 Å². The number of ether oxygens (including phenoxy) is 5. The summed E-state index contributed by atoms with van der Waals surface area (Å²) in [6.07, 6.45) is 6.67. The fourth-order valence-electron chi connectivity index (χ4n) is 5.83. The lowest BCUT2D eigenvalue weighted by atomic mass is 9.88. The maximum Gasteiger partial charge on any atom is 0.410 e. The minimum absolute atomic E-state index is 0.111. The van der Waals surface area contributed by atoms with E-state index in [1.54, 1.807) is 74.6 Å². The van der Waals surface area contributed by atoms with Crippen molar-refractivity contribution in [3.8, 4) is 45.3 Å². The summed E-state index contributed by atoms with van der Waals surface area (Å²) < 4.78 is 28.8. The molecule has 1 aliphatic heterocycles. The van der Waals surface area contributed by atoms with Crippen molar-refractivity contribution in [1.29, 1.82) is 0 Å². The van der Waals surface area contributed by atoms with Crippen LogP contribution in [-0.4, -0.2) is 50.0 Å². The zero-order valence-corrected chi connectivity index (χ0v) is 27.6. The van der Waals surface area contributed by atoms with E-state index in [0.717, 1.165) is 51.4 Å². The number of unbranched alkanes of at least 4 members (excludes halogenated alkanes) is 6. The molecule has 0 aliphatic carbocycles. The van der Waals surface area contributed by atoms with Gasteiger partial charge in [-0.1, -0.05) is 76.6 Å². The van der Waals surface area contributed by atoms with E-state index in [-0.39, 0.29) is 29.4 Å². The van der Waals surface area contributed by atoms with Gasteiger partial charge in [0.25, 0.3) is 5.69 Å². The van der Waals surface area contributed by atoms with Crippen molar-refractivity contribution >= 4 is 11.8 Å². The molecule has 4 rings (SSSR count). The molecule has 3 aromatic carbocycles. The molecule has 3 aromatic rings. The lowest BCUT2D eigenvalue weighted by molar-refractivity contribution is -0.385. The van der Waals surface area contributed by atoms with Crippen molar-refractivity contribution in [1.82, 2.24) is 4.90 Å². The third-order valence-corrected chi connectivity index (χ3v) is 8.27. The number of nitrogens with zero attached hydrogens (tertiary/aromatic N) is 2. The molecule has 46 heavy (non-hydrogen) atoms. The second kappa shape index (κ2) is 16.7. The van der Waals surface area contributed by atoms with Gasteiger partial charge in [0, 0.05) is 18.7 Å². The number of rotatable bonds is 17. The molecule has 0 fully saturated rings. The fourth-order valence-corrected chi connectivity index (χ4v) is 5.83. The minimum atomic E-state index is -0.995. The Morgan fingerprint density at radius 1 is 0.804 bits per heavy atom. The highest BCUT2D eigenvalue weighted by molar-refractivity contribution is 5.94. The maximum absolute atomic E-state index is 13.8. The van der Waals surface area contributed by atoms with Crippen molar-refractivity contribution in [2.24, 2.45) is 0 Å². The van der Waals surface area contributed by atoms with Gasteiger partial charge in [0.15, 0.2) is 11.5 Å². The number of carbonyl (C=O) groups excluding carboxylic acids is 1. The van der Waals surface area contributed by atoms with Crippen LogP contribution in [0.1, 0.15) is 83.8 Å². The van der Waals surface area contributed by atoms with Crippen LogP contribution >= 0.6 is 0 Å². The van der Waals surface area contributed by atoms with Crippen molar-refractivity contribution in [3.05, 3.63) is 64.2 Å². The van der Waals surface area contributed by atoms with E-state index in [1.807, 2.05) is 0 Å². The van der Waals surface area contributed by atoms with Gasteiger partial charge in [0.05, 0.1) is 24.7 Å². The monoisotopic (exact) mass is 634 g/mol. The van der Waals surface area contributed by atoms with Gasteiger partial charge in [-0.15, -0.1) is 0 Å². The summed E-state index contributed by atoms with van der Waals surface area (Å²) in [4.78, 5) is 28.2. The first-order valence-corrected chi connectivity index (χ1v) is 16.2. The highest BCUT2D eigenvalue weighted by atomic mass is 16.7. The van der Waals surface area contributed by atoms with Crippen LogP contribution in [0.4, 0.5) is 10.5 Å². The van der Waals surface area contributed by atoms with Gasteiger partial charge in [-0.2, -0.15) is 0 Å². The van der Waals surface area contributed by atoms with E-state index in [1.165, 1.54) is 0 Å². The first-order chi connectivity index (χ1) is 22.3. The summed E-state index contributed by atoms with van der Waals surface area (Å²) in [7, 11) is 3.13. The average molecular weight is 635 g/mol. The SMILES string of the molecule is CCCCCCN(CCCCCC)C(=O)OC(C)c1c(-c2ccc(OC)cc2)c2c(c(-c3ccc(OC)cc3)c1[N+](=O)[O-])OCO2. The van der Waals surface area contributed by atoms with Gasteiger partial charge in [0.1, 0.15) is 23.2 Å². The van der Waals surface area contributed by atoms with E-state index in [2.05, 4.69) is 13.8 Å². The Balaban J connectivity index is 1.84. The molecule has 10 heteroatoms. The number of fused-ring (bicyclic) bond motifs is 1. The Morgan fingerprint density at radius 2 is 1.28 bits per heavy atom. The molecule has 0 bridgehead atoms. The number of hydrogen-bond donors (Lipinski definition) is 0. The first kappa shape index (κ1) is 34.4. The van der Waals surface area contributed by atoms with Gasteiger partial charge < -0.3 is 28.6 Å². The van der Waals surface area contributed by atoms with Crippen molar-refractivity contribution in [2.45, 2.75) is 78.2 Å². The number of nitro groups is 1. The molecule has 0 saturated heterocycles. The van der Waals surface area contributed by atoms with Crippen molar-refractivity contribution < 1.29 is 33.4 Å². The lowest BCUT2D eigenvalue weighted by Gasteiger charge is -2.26. The molecule has 1 heterocycles. The third-order valence-electron chi connectivity index (χ3n) is 8.27. The highest BCUT2D eigenvalue weighted by Gasteiger charge is 2.40. The molecule has 0 aromatic heterocycles. The number of nitro benzene ring substituents is 1. The molecule has 0 saturated carbocycles. The van der Waals surface area contributed by atoms with E-state index >= 15 is 0 Å².